The molecule has 0 amide bonds. The lowest BCUT2D eigenvalue weighted by Crippen LogP contribution is -2.09. The molecular formula is C86H49Br. The van der Waals surface area contributed by atoms with Crippen LogP contribution in [-0.4, -0.2) is 0 Å². The molecule has 0 heterocycles. The lowest BCUT2D eigenvalue weighted by Gasteiger charge is -2.25. The Hall–Kier alpha value is -10.4. The summed E-state index contributed by atoms with van der Waals surface area (Å²) in [6.07, 6.45) is 4.37. The molecular weight excluding hydrogens is 1110 g/mol. The van der Waals surface area contributed by atoms with E-state index in [0.29, 0.717) is 0 Å². The summed E-state index contributed by atoms with van der Waals surface area (Å²) in [5, 5.41) is 36.6. The van der Waals surface area contributed by atoms with Gasteiger partial charge in [-0.3, -0.25) is 0 Å². The van der Waals surface area contributed by atoms with Crippen molar-refractivity contribution in [2.45, 2.75) is 19.8 Å². The third kappa shape index (κ3) is 6.23. The second-order valence-corrected chi connectivity index (χ2v) is 25.6. The fourth-order valence-electron chi connectivity index (χ4n) is 17.0. The van der Waals surface area contributed by atoms with E-state index >= 15 is 0 Å². The van der Waals surface area contributed by atoms with E-state index in [0.717, 1.165) is 4.47 Å². The van der Waals surface area contributed by atoms with E-state index in [1.54, 1.807) is 0 Å². The van der Waals surface area contributed by atoms with E-state index in [4.69, 9.17) is 0 Å². The normalized spacial score (nSPS) is 14.8. The van der Waals surface area contributed by atoms with E-state index in [9.17, 15) is 0 Å². The van der Waals surface area contributed by atoms with Crippen LogP contribution in [-0.2, 0) is 0 Å². The Labute approximate surface area is 509 Å². The number of hydrogen-bond acceptors (Lipinski definition) is 0. The third-order valence-corrected chi connectivity index (χ3v) is 21.2. The molecule has 0 fully saturated rings. The molecule has 19 aromatic rings. The maximum atomic E-state index is 4.01. The molecule has 2 unspecified atom stereocenters. The van der Waals surface area contributed by atoms with Crippen LogP contribution < -0.4 is 0 Å². The topological polar surface area (TPSA) is 0 Å². The highest BCUT2D eigenvalue weighted by molar-refractivity contribution is 9.10. The minimum atomic E-state index is 0.000591. The van der Waals surface area contributed by atoms with Crippen molar-refractivity contribution in [1.29, 1.82) is 0 Å². The van der Waals surface area contributed by atoms with Crippen molar-refractivity contribution in [3.05, 3.63) is 264 Å². The Balaban J connectivity index is 0.843. The van der Waals surface area contributed by atoms with Gasteiger partial charge in [0.25, 0.3) is 0 Å². The van der Waals surface area contributed by atoms with Crippen LogP contribution in [0.5, 0.6) is 0 Å². The van der Waals surface area contributed by atoms with Gasteiger partial charge in [-0.15, -0.1) is 0 Å². The lowest BCUT2D eigenvalue weighted by atomic mass is 9.77. The van der Waals surface area contributed by atoms with Crippen LogP contribution in [0.25, 0.3) is 195 Å². The van der Waals surface area contributed by atoms with Gasteiger partial charge in [-0.2, -0.15) is 0 Å². The van der Waals surface area contributed by atoms with Crippen molar-refractivity contribution in [3.8, 4) is 56.3 Å². The Morgan fingerprint density at radius 1 is 0.287 bits per heavy atom. The van der Waals surface area contributed by atoms with Crippen molar-refractivity contribution in [1.82, 2.24) is 0 Å². The summed E-state index contributed by atoms with van der Waals surface area (Å²) in [6.45, 7) is 4.61. The second kappa shape index (κ2) is 17.4. The average molecular weight is 1160 g/mol. The van der Waals surface area contributed by atoms with Crippen LogP contribution in [0.2, 0.25) is 0 Å². The Bertz CT molecular complexity index is 6310. The maximum Gasteiger partial charge on any atom is 0.0528 e. The monoisotopic (exact) mass is 1160 g/mol. The van der Waals surface area contributed by atoms with E-state index < -0.39 is 0 Å². The molecule has 0 aromatic heterocycles. The van der Waals surface area contributed by atoms with Gasteiger partial charge in [-0.05, 0) is 244 Å². The highest BCUT2D eigenvalue weighted by atomic mass is 79.9. The van der Waals surface area contributed by atoms with Crippen LogP contribution in [0, 0.1) is 24.7 Å². The molecule has 0 N–H and O–H groups in total. The maximum absolute atomic E-state index is 4.01. The Morgan fingerprint density at radius 2 is 0.690 bits per heavy atom. The number of allylic oxidation sites excluding steroid dienone is 2. The predicted octanol–water partition coefficient (Wildman–Crippen LogP) is 24.6. The summed E-state index contributed by atoms with van der Waals surface area (Å²) in [5.74, 6) is 7.51. The second-order valence-electron chi connectivity index (χ2n) is 24.8. The molecule has 19 aromatic carbocycles. The molecule has 0 aliphatic heterocycles. The number of hydrogen-bond donors (Lipinski definition) is 0. The molecule has 1 aliphatic carbocycles. The predicted molar refractivity (Wildman–Crippen MR) is 379 cm³/mol. The molecule has 0 radical (unpaired) electrons. The van der Waals surface area contributed by atoms with Gasteiger partial charge in [0, 0.05) is 4.47 Å². The third-order valence-electron chi connectivity index (χ3n) is 20.5. The molecule has 2 atom stereocenters. The van der Waals surface area contributed by atoms with Crippen LogP contribution >= 0.6 is 15.9 Å². The summed E-state index contributed by atoms with van der Waals surface area (Å²) < 4.78 is 1.11. The van der Waals surface area contributed by atoms with Gasteiger partial charge < -0.3 is 0 Å². The number of rotatable bonds is 5. The fraction of sp³-hybridized carbons (Fsp3) is 0.0465. The summed E-state index contributed by atoms with van der Waals surface area (Å²) in [4.78, 5) is 0. The minimum absolute atomic E-state index is 0.000591. The minimum Gasteiger partial charge on any atom is -0.0897 e. The molecule has 1 heteroatoms. The molecule has 0 saturated heterocycles. The molecule has 0 spiro atoms. The molecule has 1 aliphatic rings. The van der Waals surface area contributed by atoms with Gasteiger partial charge in [0.15, 0.2) is 0 Å². The van der Waals surface area contributed by atoms with Crippen molar-refractivity contribution in [3.63, 3.8) is 0 Å². The number of benzene rings is 15. The highest BCUT2D eigenvalue weighted by Gasteiger charge is 2.32. The Kier molecular flexibility index (Phi) is 9.59. The summed E-state index contributed by atoms with van der Waals surface area (Å²) in [6, 6.07) is 90.6. The van der Waals surface area contributed by atoms with Crippen molar-refractivity contribution >= 4 is 167 Å². The summed E-state index contributed by atoms with van der Waals surface area (Å²) in [5.41, 5.74) is 12.6. The van der Waals surface area contributed by atoms with Gasteiger partial charge >= 0.3 is 0 Å². The zero-order valence-electron chi connectivity index (χ0n) is 47.7. The highest BCUT2D eigenvalue weighted by Crippen LogP contribution is 2.58. The summed E-state index contributed by atoms with van der Waals surface area (Å²) in [7, 11) is 0. The van der Waals surface area contributed by atoms with Crippen LogP contribution in [0.1, 0.15) is 24.0 Å². The molecule has 20 rings (SSSR count). The van der Waals surface area contributed by atoms with Crippen molar-refractivity contribution in [2.75, 3.05) is 0 Å². The first-order valence-electron chi connectivity index (χ1n) is 30.5. The van der Waals surface area contributed by atoms with Gasteiger partial charge in [0.05, 0.1) is 5.92 Å². The van der Waals surface area contributed by atoms with E-state index in [2.05, 4.69) is 290 Å². The average Bonchev–Trinajstić information content (AvgIpc) is 1.62. The van der Waals surface area contributed by atoms with Crippen LogP contribution in [0.15, 0.2) is 253 Å². The standard InChI is InChI=1S/C86H49Br/c1-46-16-6-7-19-54(46)82-81-63-29-14-26-60-56-21-9-11-23-58(56)69(78(60)63)45-71(81)74(84-67-42-43-72(87)61-27-15-31-65(79(61)67)86(82)84)51-37-33-48(34-38-51)49-35-39-52(40-36-49)75-80-62-28-13-25-59-55-20-8-10-22-57(55)68(77(59)62)44-70(80)73(50-17-4-3-5-18-50)83-66-41-32-47(2)53-24-12-30-64(76(53)66)85(75)83/h3-6,8-18,20-46,54H,1-2H3. The lowest BCUT2D eigenvalue weighted by molar-refractivity contribution is 0.663. The molecule has 0 bridgehead atoms. The zero-order valence-corrected chi connectivity index (χ0v) is 49.3. The van der Waals surface area contributed by atoms with Gasteiger partial charge in [0.2, 0.25) is 0 Å². The van der Waals surface area contributed by atoms with Crippen molar-refractivity contribution < 1.29 is 0 Å². The van der Waals surface area contributed by atoms with Gasteiger partial charge in [-0.1, -0.05) is 259 Å². The van der Waals surface area contributed by atoms with Crippen LogP contribution in [0.4, 0.5) is 0 Å². The first-order chi connectivity index (χ1) is 43.0. The number of halogens is 1. The van der Waals surface area contributed by atoms with E-state index in [1.807, 2.05) is 0 Å². The molecule has 0 nitrogen and oxygen atoms in total. The van der Waals surface area contributed by atoms with Crippen LogP contribution in [0.3, 0.4) is 0 Å². The SMILES string of the molecule is Cc1ccc2c3c(-c4ccccc4)c4cc5c6ccccc6c6cccc(c4c(-c4ccc(-c7ccc(-c8c9cc%10c%11ccccc%11c%11cccc(c9c(C9C#CC=CC9C)c9c%12cccc%13c(Br)ccc(c89)c%13%12)c%11%10)cc7)cc4)c3c3cccc1c23)c65. The largest absolute Gasteiger partial charge is 0.0897 e. The first kappa shape index (κ1) is 47.9. The smallest absolute Gasteiger partial charge is 0.0528 e. The van der Waals surface area contributed by atoms with Gasteiger partial charge in [0.1, 0.15) is 0 Å². The molecule has 400 valence electrons. The first-order valence-corrected chi connectivity index (χ1v) is 31.3. The number of fused-ring (bicyclic) bond motifs is 16. The van der Waals surface area contributed by atoms with E-state index in [-0.39, 0.29) is 11.8 Å². The Morgan fingerprint density at radius 3 is 1.30 bits per heavy atom. The summed E-state index contributed by atoms with van der Waals surface area (Å²) >= 11 is 4.01. The fourth-order valence-corrected chi connectivity index (χ4v) is 17.4. The quantitative estimate of drug-likeness (QED) is 0.119. The molecule has 87 heavy (non-hydrogen) atoms. The molecule has 0 saturated carbocycles. The zero-order chi connectivity index (χ0) is 57.1. The van der Waals surface area contributed by atoms with Gasteiger partial charge in [-0.25, -0.2) is 0 Å². The van der Waals surface area contributed by atoms with Crippen molar-refractivity contribution in [2.24, 2.45) is 5.92 Å². The number of aryl methyl sites for hydroxylation is 1. The van der Waals surface area contributed by atoms with E-state index in [1.165, 1.54) is 206 Å².